The van der Waals surface area contributed by atoms with Crippen LogP contribution in [0.25, 0.3) is 0 Å². The summed E-state index contributed by atoms with van der Waals surface area (Å²) in [6, 6.07) is 0. The van der Waals surface area contributed by atoms with E-state index in [1.54, 1.807) is 0 Å². The smallest absolute Gasteiger partial charge is 0.00191 e. The Morgan fingerprint density at radius 2 is 0.750 bits per heavy atom. The molecule has 0 saturated heterocycles. The highest BCUT2D eigenvalue weighted by Gasteiger charge is 2.00. The molecule has 0 N–H and O–H groups in total. The molecule has 0 aromatic rings. The number of hydrogen-bond donors (Lipinski definition) is 0. The maximum absolute atomic E-state index is 2.46. The van der Waals surface area contributed by atoms with Crippen LogP contribution in [0.3, 0.4) is 0 Å². The number of rotatable bonds is 24. The lowest BCUT2D eigenvalue weighted by molar-refractivity contribution is 0.299. The molecule has 0 amide bonds. The predicted octanol–water partition coefficient (Wildman–Crippen LogP) is 16.4. The molecule has 0 aliphatic carbocycles. The molecule has 0 saturated carbocycles. The van der Waals surface area contributed by atoms with E-state index in [4.69, 9.17) is 0 Å². The van der Waals surface area contributed by atoms with Gasteiger partial charge in [0.15, 0.2) is 0 Å². The molecule has 0 radical (unpaired) electrons. The Kier molecular flexibility index (Phi) is 70.4. The van der Waals surface area contributed by atoms with Gasteiger partial charge in [-0.15, -0.1) is 0 Å². The second-order valence-electron chi connectivity index (χ2n) is 15.0. The average Bonchev–Trinajstić information content (AvgIpc) is 3.10. The number of hydrogen-bond acceptors (Lipinski definition) is 2. The van der Waals surface area contributed by atoms with Crippen LogP contribution >= 0.6 is 0 Å². The molecule has 0 spiro atoms. The van der Waals surface area contributed by atoms with E-state index in [-0.39, 0.29) is 0 Å². The summed E-state index contributed by atoms with van der Waals surface area (Å²) in [6.45, 7) is 41.1. The Labute approximate surface area is 312 Å². The van der Waals surface area contributed by atoms with Crippen LogP contribution in [0.4, 0.5) is 0 Å². The summed E-state index contributed by atoms with van der Waals surface area (Å²) < 4.78 is 0. The molecule has 2 heteroatoms. The standard InChI is InChI=1S/C9H20.C8H19N.2C8H18.C7H16.C6H15N/c2*1-4-7-8-9(5-2)6-3;1-4-6-7-8(3)5-2;1-4-7-8(5-2)6-3;2*1-4-5-6-7(2)3/h9H,4-8H2,1-3H3;4-8H2,1-3H3;2*8H,4-7H2,1-3H3;7H,4-6H2,1-3H3;4-6H2,1-3H3. The molecule has 2 nitrogen and oxygen atoms in total. The maximum Gasteiger partial charge on any atom is -0.00191 e. The Bertz CT molecular complexity index is 421. The lowest BCUT2D eigenvalue weighted by Crippen LogP contribution is -2.23. The van der Waals surface area contributed by atoms with Crippen LogP contribution in [-0.2, 0) is 0 Å². The first-order chi connectivity index (χ1) is 22.9. The van der Waals surface area contributed by atoms with Crippen LogP contribution in [0.2, 0.25) is 0 Å². The van der Waals surface area contributed by atoms with Gasteiger partial charge < -0.3 is 9.80 Å². The molecule has 0 bridgehead atoms. The van der Waals surface area contributed by atoms with Crippen molar-refractivity contribution in [3.05, 3.63) is 0 Å². The van der Waals surface area contributed by atoms with Gasteiger partial charge in [0.05, 0.1) is 0 Å². The van der Waals surface area contributed by atoms with Crippen molar-refractivity contribution < 1.29 is 0 Å². The lowest BCUT2D eigenvalue weighted by Gasteiger charge is -2.16. The zero-order valence-electron chi connectivity index (χ0n) is 38.2. The quantitative estimate of drug-likeness (QED) is 0.0997. The fourth-order valence-corrected chi connectivity index (χ4v) is 5.06. The molecule has 0 aliphatic heterocycles. The summed E-state index contributed by atoms with van der Waals surface area (Å²) in [4.78, 5) is 4.67. The summed E-state index contributed by atoms with van der Waals surface area (Å²) in [6.07, 6.45) is 27.5. The van der Waals surface area contributed by atoms with E-state index in [1.807, 2.05) is 0 Å². The fraction of sp³-hybridized carbons (Fsp3) is 1.00. The van der Waals surface area contributed by atoms with E-state index in [2.05, 4.69) is 135 Å². The van der Waals surface area contributed by atoms with Gasteiger partial charge in [0, 0.05) is 0 Å². The van der Waals surface area contributed by atoms with Crippen molar-refractivity contribution >= 4 is 0 Å². The van der Waals surface area contributed by atoms with E-state index in [0.29, 0.717) is 0 Å². The van der Waals surface area contributed by atoms with Crippen LogP contribution in [0.1, 0.15) is 239 Å². The van der Waals surface area contributed by atoms with E-state index in [0.717, 1.165) is 23.7 Å². The second kappa shape index (κ2) is 56.3. The predicted molar refractivity (Wildman–Crippen MR) is 232 cm³/mol. The normalized spacial score (nSPS) is 11.1. The largest absolute Gasteiger partial charge is 0.309 e. The van der Waals surface area contributed by atoms with Gasteiger partial charge in [0.25, 0.3) is 0 Å². The van der Waals surface area contributed by atoms with Crippen LogP contribution in [-0.4, -0.2) is 50.1 Å². The van der Waals surface area contributed by atoms with Gasteiger partial charge in [-0.3, -0.25) is 0 Å². The zero-order chi connectivity index (χ0) is 38.4. The van der Waals surface area contributed by atoms with Crippen molar-refractivity contribution in [2.45, 2.75) is 239 Å². The molecule has 0 aromatic heterocycles. The second-order valence-corrected chi connectivity index (χ2v) is 15.0. The van der Waals surface area contributed by atoms with Crippen LogP contribution in [0.5, 0.6) is 0 Å². The van der Waals surface area contributed by atoms with Crippen molar-refractivity contribution in [3.63, 3.8) is 0 Å². The molecular formula is C46H106N2. The summed E-state index contributed by atoms with van der Waals surface area (Å²) in [5, 5.41) is 0. The van der Waals surface area contributed by atoms with Gasteiger partial charge in [0.1, 0.15) is 0 Å². The minimum atomic E-state index is 0.903. The summed E-state index contributed by atoms with van der Waals surface area (Å²) in [5.74, 6) is 3.86. The highest BCUT2D eigenvalue weighted by atomic mass is 15.1. The van der Waals surface area contributed by atoms with Crippen molar-refractivity contribution in [2.75, 3.05) is 40.3 Å². The first-order valence-corrected chi connectivity index (χ1v) is 22.3. The van der Waals surface area contributed by atoms with Gasteiger partial charge in [-0.2, -0.15) is 0 Å². The van der Waals surface area contributed by atoms with Gasteiger partial charge >= 0.3 is 0 Å². The Morgan fingerprint density at radius 3 is 1.00 bits per heavy atom. The van der Waals surface area contributed by atoms with E-state index in [1.165, 1.54) is 155 Å². The first kappa shape index (κ1) is 60.0. The molecule has 0 aliphatic rings. The van der Waals surface area contributed by atoms with Crippen molar-refractivity contribution in [1.82, 2.24) is 9.80 Å². The molecular weight excluding hydrogens is 581 g/mol. The third-order valence-electron chi connectivity index (χ3n) is 9.54. The summed E-state index contributed by atoms with van der Waals surface area (Å²) in [5.41, 5.74) is 0. The number of nitrogens with zero attached hydrogens (tertiary/aromatic N) is 2. The Balaban J connectivity index is -0.000000111. The molecule has 300 valence electrons. The monoisotopic (exact) mass is 687 g/mol. The molecule has 1 atom stereocenters. The van der Waals surface area contributed by atoms with Crippen LogP contribution in [0, 0.1) is 23.7 Å². The van der Waals surface area contributed by atoms with E-state index in [9.17, 15) is 0 Å². The average molecular weight is 687 g/mol. The topological polar surface area (TPSA) is 6.48 Å². The zero-order valence-corrected chi connectivity index (χ0v) is 38.2. The molecule has 0 aromatic carbocycles. The van der Waals surface area contributed by atoms with Gasteiger partial charge in [-0.1, -0.05) is 226 Å². The van der Waals surface area contributed by atoms with Crippen molar-refractivity contribution in [2.24, 2.45) is 23.7 Å². The molecule has 0 rings (SSSR count). The van der Waals surface area contributed by atoms with E-state index >= 15 is 0 Å². The summed E-state index contributed by atoms with van der Waals surface area (Å²) >= 11 is 0. The Morgan fingerprint density at radius 1 is 0.375 bits per heavy atom. The fourth-order valence-electron chi connectivity index (χ4n) is 5.06. The van der Waals surface area contributed by atoms with Gasteiger partial charge in [-0.25, -0.2) is 0 Å². The third-order valence-corrected chi connectivity index (χ3v) is 9.54. The molecule has 0 heterocycles. The lowest BCUT2D eigenvalue weighted by atomic mass is 9.97. The number of unbranched alkanes of at least 4 members (excludes halogenated alkanes) is 5. The minimum absolute atomic E-state index is 0.903. The van der Waals surface area contributed by atoms with Crippen molar-refractivity contribution in [1.29, 1.82) is 0 Å². The minimum Gasteiger partial charge on any atom is -0.309 e. The SMILES string of the molecule is CCCC(CC)CC.CCCCC(C)C.CCCCC(C)CC.CCCCC(CC)CC.CCCCN(C)C.CCCCN(CC)CC. The van der Waals surface area contributed by atoms with Crippen LogP contribution < -0.4 is 0 Å². The Hall–Kier alpha value is -0.0800. The van der Waals surface area contributed by atoms with Crippen molar-refractivity contribution in [3.8, 4) is 0 Å². The first-order valence-electron chi connectivity index (χ1n) is 22.3. The highest BCUT2D eigenvalue weighted by Crippen LogP contribution is 2.15. The molecule has 48 heavy (non-hydrogen) atoms. The third kappa shape index (κ3) is 68.0. The highest BCUT2D eigenvalue weighted by molar-refractivity contribution is 4.54. The van der Waals surface area contributed by atoms with Gasteiger partial charge in [0.2, 0.25) is 0 Å². The summed E-state index contributed by atoms with van der Waals surface area (Å²) in [7, 11) is 4.21. The van der Waals surface area contributed by atoms with Crippen LogP contribution in [0.15, 0.2) is 0 Å². The maximum atomic E-state index is 2.46. The molecule has 0 fully saturated rings. The van der Waals surface area contributed by atoms with E-state index < -0.39 is 0 Å². The van der Waals surface area contributed by atoms with Gasteiger partial charge in [-0.05, 0) is 76.8 Å². The molecule has 1 unspecified atom stereocenters.